The Balaban J connectivity index is 2.34. The van der Waals surface area contributed by atoms with Crippen LogP contribution in [0.2, 0.25) is 0 Å². The Labute approximate surface area is 115 Å². The number of non-ortho nitro benzene ring substituents is 1. The van der Waals surface area contributed by atoms with Gasteiger partial charge in [-0.3, -0.25) is 20.2 Å². The molecule has 2 rings (SSSR count). The Morgan fingerprint density at radius 3 is 2.60 bits per heavy atom. The number of hydrogen-bond donors (Lipinski definition) is 1. The Bertz CT molecular complexity index is 528. The van der Waals surface area contributed by atoms with E-state index < -0.39 is 9.85 Å². The van der Waals surface area contributed by atoms with Gasteiger partial charge in [0, 0.05) is 25.7 Å². The van der Waals surface area contributed by atoms with Crippen LogP contribution in [0.3, 0.4) is 0 Å². The molecule has 1 atom stereocenters. The van der Waals surface area contributed by atoms with Gasteiger partial charge in [-0.1, -0.05) is 0 Å². The summed E-state index contributed by atoms with van der Waals surface area (Å²) >= 11 is 0. The fraction of sp³-hybridized carbons (Fsp3) is 0.500. The van der Waals surface area contributed by atoms with Crippen LogP contribution < -0.4 is 10.2 Å². The second-order valence-electron chi connectivity index (χ2n) is 4.80. The number of benzene rings is 1. The van der Waals surface area contributed by atoms with Crippen LogP contribution in [-0.4, -0.2) is 36.0 Å². The third kappa shape index (κ3) is 2.85. The summed E-state index contributed by atoms with van der Waals surface area (Å²) in [6.45, 7) is 1.71. The normalized spacial score (nSPS) is 18.6. The van der Waals surface area contributed by atoms with Gasteiger partial charge in [-0.2, -0.15) is 0 Å². The predicted molar refractivity (Wildman–Crippen MR) is 74.0 cm³/mol. The summed E-state index contributed by atoms with van der Waals surface area (Å²) in [6, 6.07) is 3.92. The molecule has 108 valence electrons. The van der Waals surface area contributed by atoms with E-state index in [1.807, 2.05) is 4.90 Å². The van der Waals surface area contributed by atoms with E-state index >= 15 is 0 Å². The monoisotopic (exact) mass is 280 g/mol. The van der Waals surface area contributed by atoms with Crippen molar-refractivity contribution < 1.29 is 9.85 Å². The zero-order chi connectivity index (χ0) is 14.7. The molecule has 0 spiro atoms. The number of hydrogen-bond acceptors (Lipinski definition) is 6. The molecule has 1 fully saturated rings. The summed E-state index contributed by atoms with van der Waals surface area (Å²) in [5, 5.41) is 25.1. The lowest BCUT2D eigenvalue weighted by Gasteiger charge is -2.32. The van der Waals surface area contributed by atoms with Crippen molar-refractivity contribution in [3.63, 3.8) is 0 Å². The van der Waals surface area contributed by atoms with Crippen molar-refractivity contribution in [1.82, 2.24) is 5.32 Å². The Morgan fingerprint density at radius 1 is 1.30 bits per heavy atom. The van der Waals surface area contributed by atoms with Crippen LogP contribution in [0.25, 0.3) is 0 Å². The van der Waals surface area contributed by atoms with Crippen LogP contribution in [0.15, 0.2) is 18.2 Å². The van der Waals surface area contributed by atoms with Crippen LogP contribution >= 0.6 is 0 Å². The summed E-state index contributed by atoms with van der Waals surface area (Å²) in [6.07, 6.45) is 1.95. The van der Waals surface area contributed by atoms with Crippen LogP contribution in [0, 0.1) is 20.2 Å². The number of nitrogens with zero attached hydrogens (tertiary/aromatic N) is 3. The van der Waals surface area contributed by atoms with Gasteiger partial charge in [0.2, 0.25) is 0 Å². The van der Waals surface area contributed by atoms with Crippen LogP contribution in [-0.2, 0) is 0 Å². The van der Waals surface area contributed by atoms with E-state index in [1.54, 1.807) is 7.05 Å². The van der Waals surface area contributed by atoms with Gasteiger partial charge in [0.05, 0.1) is 15.9 Å². The highest BCUT2D eigenvalue weighted by Crippen LogP contribution is 2.33. The van der Waals surface area contributed by atoms with Crippen molar-refractivity contribution in [2.45, 2.75) is 18.9 Å². The van der Waals surface area contributed by atoms with Crippen molar-refractivity contribution >= 4 is 17.1 Å². The molecule has 0 amide bonds. The highest BCUT2D eigenvalue weighted by molar-refractivity contribution is 5.67. The molecular weight excluding hydrogens is 264 g/mol. The zero-order valence-electron chi connectivity index (χ0n) is 11.1. The Kier molecular flexibility index (Phi) is 4.14. The van der Waals surface area contributed by atoms with Gasteiger partial charge in [0.25, 0.3) is 11.4 Å². The molecule has 20 heavy (non-hydrogen) atoms. The predicted octanol–water partition coefficient (Wildman–Crippen LogP) is 1.69. The molecule has 1 unspecified atom stereocenters. The first-order valence-electron chi connectivity index (χ1n) is 6.37. The molecule has 1 aromatic carbocycles. The number of anilines is 1. The molecule has 1 heterocycles. The van der Waals surface area contributed by atoms with Gasteiger partial charge in [-0.05, 0) is 25.5 Å². The minimum Gasteiger partial charge on any atom is -0.365 e. The van der Waals surface area contributed by atoms with Crippen molar-refractivity contribution in [2.75, 3.05) is 25.0 Å². The molecule has 1 saturated heterocycles. The van der Waals surface area contributed by atoms with Gasteiger partial charge in [0.1, 0.15) is 5.69 Å². The van der Waals surface area contributed by atoms with Gasteiger partial charge < -0.3 is 10.2 Å². The SMILES string of the molecule is CN(c1ccc([N+](=O)[O-])cc1[N+](=O)[O-])C1CCCNC1. The van der Waals surface area contributed by atoms with Gasteiger partial charge in [0.15, 0.2) is 0 Å². The van der Waals surface area contributed by atoms with Crippen molar-refractivity contribution in [1.29, 1.82) is 0 Å². The fourth-order valence-corrected chi connectivity index (χ4v) is 2.43. The average Bonchev–Trinajstić information content (AvgIpc) is 2.46. The largest absolute Gasteiger partial charge is 0.365 e. The molecule has 0 bridgehead atoms. The second-order valence-corrected chi connectivity index (χ2v) is 4.80. The molecule has 0 aromatic heterocycles. The first-order valence-corrected chi connectivity index (χ1v) is 6.37. The Morgan fingerprint density at radius 2 is 2.05 bits per heavy atom. The van der Waals surface area contributed by atoms with Crippen molar-refractivity contribution in [2.24, 2.45) is 0 Å². The van der Waals surface area contributed by atoms with E-state index in [0.29, 0.717) is 5.69 Å². The van der Waals surface area contributed by atoms with Crippen LogP contribution in [0.5, 0.6) is 0 Å². The molecular formula is C12H16N4O4. The minimum atomic E-state index is -0.626. The topological polar surface area (TPSA) is 102 Å². The molecule has 1 aliphatic rings. The van der Waals surface area contributed by atoms with Gasteiger partial charge in [-0.15, -0.1) is 0 Å². The molecule has 8 nitrogen and oxygen atoms in total. The summed E-state index contributed by atoms with van der Waals surface area (Å²) < 4.78 is 0. The van der Waals surface area contributed by atoms with Crippen LogP contribution in [0.4, 0.5) is 17.1 Å². The maximum absolute atomic E-state index is 11.1. The van der Waals surface area contributed by atoms with E-state index in [-0.39, 0.29) is 17.4 Å². The highest BCUT2D eigenvalue weighted by atomic mass is 16.6. The minimum absolute atomic E-state index is 0.156. The standard InChI is InChI=1S/C12H16N4O4/c1-14(10-3-2-6-13-8-10)11-5-4-9(15(17)18)7-12(11)16(19)20/h4-5,7,10,13H,2-3,6,8H2,1H3. The number of likely N-dealkylation sites (N-methyl/N-ethyl adjacent to an activating group) is 1. The van der Waals surface area contributed by atoms with Crippen LogP contribution in [0.1, 0.15) is 12.8 Å². The van der Waals surface area contributed by atoms with E-state index in [4.69, 9.17) is 0 Å². The second kappa shape index (κ2) is 5.83. The number of nitro benzene ring substituents is 2. The zero-order valence-corrected chi connectivity index (χ0v) is 11.1. The van der Waals surface area contributed by atoms with Gasteiger partial charge >= 0.3 is 0 Å². The molecule has 1 N–H and O–H groups in total. The summed E-state index contributed by atoms with van der Waals surface area (Å²) in [7, 11) is 1.78. The van der Waals surface area contributed by atoms with E-state index in [1.165, 1.54) is 12.1 Å². The first kappa shape index (κ1) is 14.2. The third-order valence-electron chi connectivity index (χ3n) is 3.57. The van der Waals surface area contributed by atoms with E-state index in [2.05, 4.69) is 5.32 Å². The lowest BCUT2D eigenvalue weighted by atomic mass is 10.1. The molecule has 8 heteroatoms. The third-order valence-corrected chi connectivity index (χ3v) is 3.57. The van der Waals surface area contributed by atoms with Crippen molar-refractivity contribution in [3.05, 3.63) is 38.4 Å². The van der Waals surface area contributed by atoms with Crippen molar-refractivity contribution in [3.8, 4) is 0 Å². The maximum atomic E-state index is 11.1. The number of rotatable bonds is 4. The lowest BCUT2D eigenvalue weighted by Crippen LogP contribution is -2.44. The van der Waals surface area contributed by atoms with E-state index in [0.717, 1.165) is 32.0 Å². The maximum Gasteiger partial charge on any atom is 0.299 e. The smallest absolute Gasteiger partial charge is 0.299 e. The summed E-state index contributed by atoms with van der Waals surface area (Å²) in [4.78, 5) is 22.5. The molecule has 1 aliphatic heterocycles. The fourth-order valence-electron chi connectivity index (χ4n) is 2.43. The number of nitro groups is 2. The molecule has 0 aliphatic carbocycles. The average molecular weight is 280 g/mol. The van der Waals surface area contributed by atoms with E-state index in [9.17, 15) is 20.2 Å². The Hall–Kier alpha value is -2.22. The molecule has 0 radical (unpaired) electrons. The quantitative estimate of drug-likeness (QED) is 0.665. The summed E-state index contributed by atoms with van der Waals surface area (Å²) in [5.41, 5.74) is -0.0859. The van der Waals surface area contributed by atoms with Gasteiger partial charge in [-0.25, -0.2) is 0 Å². The summed E-state index contributed by atoms with van der Waals surface area (Å²) in [5.74, 6) is 0. The molecule has 1 aromatic rings. The first-order chi connectivity index (χ1) is 9.50. The molecule has 0 saturated carbocycles. The number of nitrogens with one attached hydrogen (secondary N) is 1. The number of piperidine rings is 1. The highest BCUT2D eigenvalue weighted by Gasteiger charge is 2.26. The lowest BCUT2D eigenvalue weighted by molar-refractivity contribution is -0.393.